The Balaban J connectivity index is 1.17. The lowest BCUT2D eigenvalue weighted by Gasteiger charge is -2.38. The number of rotatable bonds is 12. The van der Waals surface area contributed by atoms with E-state index in [9.17, 15) is 10.2 Å². The molecule has 0 amide bonds. The van der Waals surface area contributed by atoms with Crippen LogP contribution in [0, 0.1) is 0 Å². The molecule has 0 spiro atoms. The number of aliphatic imine (C=N–C) groups is 2. The van der Waals surface area contributed by atoms with Gasteiger partial charge in [-0.1, -0.05) is 236 Å². The molecule has 0 aliphatic heterocycles. The summed E-state index contributed by atoms with van der Waals surface area (Å²) in [6.07, 6.45) is 7.62. The zero-order valence-corrected chi connectivity index (χ0v) is 41.6. The molecule has 1 aliphatic carbocycles. The molecule has 4 nitrogen and oxygen atoms in total. The minimum Gasteiger partial charge on any atom is -0.507 e. The SMILES string of the molecule is CC(C)(C)c1cc(C=N[C@@H]2CCCC[C@H]2N=Cc2cc(C(C)(C)C)cc(C(c3ccccc3)(c3ccccc3)c3ccccc3)c2O)c(O)c(C(c2ccccc2)(c2ccccc2)c2ccccc2)c1. The molecular formula is C66H66N2O2. The van der Waals surface area contributed by atoms with Gasteiger partial charge in [-0.25, -0.2) is 0 Å². The number of aromatic hydroxyl groups is 2. The van der Waals surface area contributed by atoms with E-state index in [2.05, 4.69) is 211 Å². The van der Waals surface area contributed by atoms with Crippen LogP contribution in [0.2, 0.25) is 0 Å². The van der Waals surface area contributed by atoms with Gasteiger partial charge >= 0.3 is 0 Å². The molecule has 0 radical (unpaired) electrons. The van der Waals surface area contributed by atoms with Gasteiger partial charge in [-0.3, -0.25) is 9.98 Å². The molecule has 1 aliphatic rings. The molecule has 0 aromatic heterocycles. The van der Waals surface area contributed by atoms with Crippen LogP contribution in [-0.2, 0) is 21.7 Å². The van der Waals surface area contributed by atoms with Crippen molar-refractivity contribution >= 4 is 12.4 Å². The van der Waals surface area contributed by atoms with E-state index in [-0.39, 0.29) is 34.4 Å². The van der Waals surface area contributed by atoms with E-state index in [0.717, 1.165) is 81.3 Å². The number of nitrogens with zero attached hydrogens (tertiary/aromatic N) is 2. The van der Waals surface area contributed by atoms with E-state index in [1.165, 1.54) is 0 Å². The highest BCUT2D eigenvalue weighted by molar-refractivity contribution is 5.87. The maximum absolute atomic E-state index is 12.9. The van der Waals surface area contributed by atoms with Gasteiger partial charge in [0.1, 0.15) is 11.5 Å². The van der Waals surface area contributed by atoms with Crippen LogP contribution in [0.3, 0.4) is 0 Å². The van der Waals surface area contributed by atoms with Crippen molar-refractivity contribution in [3.05, 3.63) is 273 Å². The highest BCUT2D eigenvalue weighted by Crippen LogP contribution is 2.52. The van der Waals surface area contributed by atoms with Gasteiger partial charge in [0.05, 0.1) is 22.9 Å². The summed E-state index contributed by atoms with van der Waals surface area (Å²) in [7, 11) is 0. The Hall–Kier alpha value is -7.30. The summed E-state index contributed by atoms with van der Waals surface area (Å²) in [5.41, 5.74) is 9.44. The Morgan fingerprint density at radius 3 is 0.829 bits per heavy atom. The summed E-state index contributed by atoms with van der Waals surface area (Å²) in [5.74, 6) is 0.415. The van der Waals surface area contributed by atoms with Gasteiger partial charge in [-0.05, 0) is 92.4 Å². The van der Waals surface area contributed by atoms with E-state index in [4.69, 9.17) is 9.98 Å². The third-order valence-electron chi connectivity index (χ3n) is 14.6. The zero-order valence-electron chi connectivity index (χ0n) is 41.6. The lowest BCUT2D eigenvalue weighted by molar-refractivity contribution is 0.390. The Morgan fingerprint density at radius 2 is 0.600 bits per heavy atom. The van der Waals surface area contributed by atoms with E-state index in [0.29, 0.717) is 11.1 Å². The smallest absolute Gasteiger partial charge is 0.129 e. The Morgan fingerprint density at radius 1 is 0.357 bits per heavy atom. The normalized spacial score (nSPS) is 15.9. The van der Waals surface area contributed by atoms with Crippen molar-refractivity contribution in [2.75, 3.05) is 0 Å². The van der Waals surface area contributed by atoms with Crippen LogP contribution in [0.4, 0.5) is 0 Å². The lowest BCUT2D eigenvalue weighted by atomic mass is 9.64. The first-order valence-corrected chi connectivity index (χ1v) is 25.0. The van der Waals surface area contributed by atoms with E-state index in [1.54, 1.807) is 0 Å². The van der Waals surface area contributed by atoms with Crippen molar-refractivity contribution in [3.8, 4) is 11.5 Å². The first kappa shape index (κ1) is 47.8. The molecule has 0 saturated heterocycles. The van der Waals surface area contributed by atoms with Crippen molar-refractivity contribution in [2.45, 2.75) is 101 Å². The van der Waals surface area contributed by atoms with Gasteiger partial charge in [-0.2, -0.15) is 0 Å². The summed E-state index contributed by atoms with van der Waals surface area (Å²) >= 11 is 0. The maximum Gasteiger partial charge on any atom is 0.129 e. The molecule has 2 N–H and O–H groups in total. The summed E-state index contributed by atoms with van der Waals surface area (Å²) in [5, 5.41) is 25.7. The minimum absolute atomic E-state index is 0.127. The third kappa shape index (κ3) is 9.16. The standard InChI is InChI=1S/C66H66N2O2/c1-63(2,3)55-41-47(61(69)57(43-55)65(49-27-13-7-14-28-49,50-29-15-8-16-30-50)51-31-17-9-18-32-51)45-67-59-39-25-26-40-60(59)68-46-48-42-56(64(4,5)6)44-58(62(48)70)66(52-33-19-10-20-34-52,53-35-21-11-22-36-53)54-37-23-12-24-38-54/h7-24,27-38,41-46,59-60,69-70H,25-26,39-40H2,1-6H3/t59-,60-/m1/s1. The van der Waals surface area contributed by atoms with Gasteiger partial charge in [0.2, 0.25) is 0 Å². The van der Waals surface area contributed by atoms with Crippen LogP contribution in [-0.4, -0.2) is 34.7 Å². The molecule has 1 saturated carbocycles. The number of phenols is 2. The first-order chi connectivity index (χ1) is 33.8. The molecule has 8 aromatic rings. The summed E-state index contributed by atoms with van der Waals surface area (Å²) in [6, 6.07) is 71.7. The molecule has 0 heterocycles. The summed E-state index contributed by atoms with van der Waals surface area (Å²) in [6.45, 7) is 13.4. The van der Waals surface area contributed by atoms with E-state index < -0.39 is 10.8 Å². The predicted octanol–water partition coefficient (Wildman–Crippen LogP) is 15.3. The quantitative estimate of drug-likeness (QED) is 0.0947. The number of benzene rings is 8. The topological polar surface area (TPSA) is 65.2 Å². The van der Waals surface area contributed by atoms with Crippen LogP contribution >= 0.6 is 0 Å². The van der Waals surface area contributed by atoms with Crippen LogP contribution < -0.4 is 0 Å². The minimum atomic E-state index is -0.836. The fourth-order valence-corrected chi connectivity index (χ4v) is 10.8. The van der Waals surface area contributed by atoms with Crippen molar-refractivity contribution in [1.29, 1.82) is 0 Å². The molecule has 2 atom stereocenters. The summed E-state index contributed by atoms with van der Waals surface area (Å²) < 4.78 is 0. The monoisotopic (exact) mass is 919 g/mol. The average molecular weight is 919 g/mol. The molecule has 70 heavy (non-hydrogen) atoms. The molecule has 1 fully saturated rings. The number of hydrogen-bond acceptors (Lipinski definition) is 4. The largest absolute Gasteiger partial charge is 0.507 e. The lowest BCUT2D eigenvalue weighted by Crippen LogP contribution is -2.32. The van der Waals surface area contributed by atoms with Gasteiger partial charge in [0.15, 0.2) is 0 Å². The van der Waals surface area contributed by atoms with Crippen molar-refractivity contribution in [2.24, 2.45) is 9.98 Å². The van der Waals surface area contributed by atoms with Crippen LogP contribution in [0.5, 0.6) is 11.5 Å². The van der Waals surface area contributed by atoms with Gasteiger partial charge in [-0.15, -0.1) is 0 Å². The Bertz CT molecular complexity index is 2660. The average Bonchev–Trinajstić information content (AvgIpc) is 3.38. The summed E-state index contributed by atoms with van der Waals surface area (Å²) in [4.78, 5) is 10.7. The molecule has 0 bridgehead atoms. The first-order valence-electron chi connectivity index (χ1n) is 25.0. The molecule has 352 valence electrons. The van der Waals surface area contributed by atoms with Crippen LogP contribution in [0.25, 0.3) is 0 Å². The molecule has 8 aromatic carbocycles. The highest BCUT2D eigenvalue weighted by atomic mass is 16.3. The number of phenolic OH excluding ortho intramolecular Hbond substituents is 2. The van der Waals surface area contributed by atoms with Gasteiger partial charge in [0.25, 0.3) is 0 Å². The Kier molecular flexibility index (Phi) is 13.6. The van der Waals surface area contributed by atoms with Crippen molar-refractivity contribution in [1.82, 2.24) is 0 Å². The van der Waals surface area contributed by atoms with Gasteiger partial charge < -0.3 is 10.2 Å². The number of hydrogen-bond donors (Lipinski definition) is 2. The molecular weight excluding hydrogens is 853 g/mol. The Labute approximate surface area is 416 Å². The second kappa shape index (κ2) is 20.0. The maximum atomic E-state index is 12.9. The van der Waals surface area contributed by atoms with E-state index >= 15 is 0 Å². The predicted molar refractivity (Wildman–Crippen MR) is 291 cm³/mol. The van der Waals surface area contributed by atoms with Crippen LogP contribution in [0.15, 0.2) is 216 Å². The fraction of sp³-hybridized carbons (Fsp3) is 0.242. The molecule has 0 unspecified atom stereocenters. The highest BCUT2D eigenvalue weighted by Gasteiger charge is 2.43. The second-order valence-electron chi connectivity index (χ2n) is 21.1. The molecule has 9 rings (SSSR count). The fourth-order valence-electron chi connectivity index (χ4n) is 10.8. The second-order valence-corrected chi connectivity index (χ2v) is 21.1. The van der Waals surface area contributed by atoms with Crippen molar-refractivity contribution in [3.63, 3.8) is 0 Å². The zero-order chi connectivity index (χ0) is 48.9. The van der Waals surface area contributed by atoms with E-state index in [1.807, 2.05) is 48.8 Å². The van der Waals surface area contributed by atoms with Gasteiger partial charge in [0, 0.05) is 34.7 Å². The van der Waals surface area contributed by atoms with Crippen LogP contribution in [0.1, 0.15) is 134 Å². The van der Waals surface area contributed by atoms with Crippen molar-refractivity contribution < 1.29 is 10.2 Å². The molecule has 4 heteroatoms. The third-order valence-corrected chi connectivity index (χ3v) is 14.6.